The zero-order valence-electron chi connectivity index (χ0n) is 9.97. The summed E-state index contributed by atoms with van der Waals surface area (Å²) in [6.45, 7) is 0. The molecule has 1 aromatic heterocycles. The Morgan fingerprint density at radius 2 is 2.22 bits per heavy atom. The lowest BCUT2D eigenvalue weighted by molar-refractivity contribution is 0.256. The van der Waals surface area contributed by atoms with Crippen molar-refractivity contribution in [3.05, 3.63) is 34.3 Å². The molecule has 5 nitrogen and oxygen atoms in total. The van der Waals surface area contributed by atoms with Gasteiger partial charge in [0.1, 0.15) is 0 Å². The summed E-state index contributed by atoms with van der Waals surface area (Å²) < 4.78 is 6.53. The minimum atomic E-state index is -0.441. The van der Waals surface area contributed by atoms with Crippen molar-refractivity contribution < 1.29 is 9.21 Å². The summed E-state index contributed by atoms with van der Waals surface area (Å²) in [5.74, 6) is -0.385. The third-order valence-corrected chi connectivity index (χ3v) is 3.77. The number of isocyanates is 1. The maximum absolute atomic E-state index is 11.4. The summed E-state index contributed by atoms with van der Waals surface area (Å²) in [4.78, 5) is 25.9. The van der Waals surface area contributed by atoms with Gasteiger partial charge in [-0.05, 0) is 37.0 Å². The van der Waals surface area contributed by atoms with Gasteiger partial charge >= 0.3 is 5.76 Å². The van der Waals surface area contributed by atoms with Crippen LogP contribution in [0.5, 0.6) is 0 Å². The van der Waals surface area contributed by atoms with Crippen LogP contribution in [-0.4, -0.2) is 10.6 Å². The Labute approximate surface area is 103 Å². The highest BCUT2D eigenvalue weighted by Gasteiger charge is 2.39. The summed E-state index contributed by atoms with van der Waals surface area (Å²) in [5, 5.41) is 0. The van der Waals surface area contributed by atoms with E-state index in [1.807, 2.05) is 12.1 Å². The molecule has 0 spiro atoms. The molecule has 1 heterocycles. The number of aliphatic imine (C=N–C) groups is 1. The van der Waals surface area contributed by atoms with Crippen LogP contribution in [0.25, 0.3) is 11.1 Å². The van der Waals surface area contributed by atoms with E-state index in [4.69, 9.17) is 4.42 Å². The molecule has 92 valence electrons. The van der Waals surface area contributed by atoms with Gasteiger partial charge in [-0.1, -0.05) is 6.07 Å². The van der Waals surface area contributed by atoms with Gasteiger partial charge < -0.3 is 4.42 Å². The molecule has 2 aromatic rings. The summed E-state index contributed by atoms with van der Waals surface area (Å²) in [6, 6.07) is 5.50. The monoisotopic (exact) mass is 244 g/mol. The molecule has 0 unspecified atom stereocenters. The van der Waals surface area contributed by atoms with Crippen LogP contribution in [0.2, 0.25) is 0 Å². The SMILES string of the molecule is Cn1c(=O)oc2ccc(C3(N=C=O)CCC3)cc21. The standard InChI is InChI=1S/C13H12N2O3/c1-15-10-7-9(3-4-11(10)18-12(15)17)13(14-8-16)5-2-6-13/h3-4,7H,2,5-6H2,1H3. The van der Waals surface area contributed by atoms with E-state index in [9.17, 15) is 9.59 Å². The first-order chi connectivity index (χ1) is 8.66. The second kappa shape index (κ2) is 3.68. The van der Waals surface area contributed by atoms with E-state index in [2.05, 4.69) is 4.99 Å². The van der Waals surface area contributed by atoms with Crippen LogP contribution in [0.4, 0.5) is 0 Å². The Morgan fingerprint density at radius 1 is 1.44 bits per heavy atom. The third-order valence-electron chi connectivity index (χ3n) is 3.77. The number of carbonyl (C=O) groups excluding carboxylic acids is 1. The second-order valence-corrected chi connectivity index (χ2v) is 4.70. The fourth-order valence-electron chi connectivity index (χ4n) is 2.48. The zero-order valence-corrected chi connectivity index (χ0v) is 9.97. The predicted octanol–water partition coefficient (Wildman–Crippen LogP) is 1.85. The Hall–Kier alpha value is -2.13. The molecule has 0 saturated heterocycles. The van der Waals surface area contributed by atoms with Gasteiger partial charge in [-0.2, -0.15) is 4.99 Å². The molecule has 1 aromatic carbocycles. The molecule has 0 bridgehead atoms. The minimum absolute atomic E-state index is 0.385. The molecule has 0 atom stereocenters. The van der Waals surface area contributed by atoms with Gasteiger partial charge in [0, 0.05) is 7.05 Å². The highest BCUT2D eigenvalue weighted by Crippen LogP contribution is 2.45. The average Bonchev–Trinajstić information content (AvgIpc) is 2.60. The van der Waals surface area contributed by atoms with Crippen molar-refractivity contribution in [3.63, 3.8) is 0 Å². The molecule has 1 aliphatic carbocycles. The summed E-state index contributed by atoms with van der Waals surface area (Å²) in [7, 11) is 1.66. The van der Waals surface area contributed by atoms with Gasteiger partial charge in [0.15, 0.2) is 5.58 Å². The number of aromatic nitrogens is 1. The highest BCUT2D eigenvalue weighted by atomic mass is 16.4. The molecular formula is C13H12N2O3. The number of rotatable bonds is 2. The first kappa shape index (κ1) is 11.0. The molecule has 0 aliphatic heterocycles. The van der Waals surface area contributed by atoms with Crippen LogP contribution in [0.3, 0.4) is 0 Å². The van der Waals surface area contributed by atoms with Gasteiger partial charge in [-0.3, -0.25) is 4.57 Å². The Kier molecular flexibility index (Phi) is 2.25. The van der Waals surface area contributed by atoms with Crippen molar-refractivity contribution in [1.29, 1.82) is 0 Å². The number of hydrogen-bond donors (Lipinski definition) is 0. The smallest absolute Gasteiger partial charge is 0.408 e. The van der Waals surface area contributed by atoms with Crippen molar-refractivity contribution in [2.24, 2.45) is 12.0 Å². The van der Waals surface area contributed by atoms with E-state index in [1.54, 1.807) is 19.2 Å². The summed E-state index contributed by atoms with van der Waals surface area (Å²) in [5.41, 5.74) is 1.78. The number of fused-ring (bicyclic) bond motifs is 1. The molecule has 0 amide bonds. The van der Waals surface area contributed by atoms with Gasteiger partial charge in [-0.25, -0.2) is 9.59 Å². The molecule has 18 heavy (non-hydrogen) atoms. The molecule has 1 saturated carbocycles. The van der Waals surface area contributed by atoms with E-state index in [1.165, 1.54) is 4.57 Å². The number of hydrogen-bond acceptors (Lipinski definition) is 4. The van der Waals surface area contributed by atoms with Crippen molar-refractivity contribution >= 4 is 17.2 Å². The topological polar surface area (TPSA) is 64.6 Å². The average molecular weight is 244 g/mol. The van der Waals surface area contributed by atoms with Crippen LogP contribution in [-0.2, 0) is 17.4 Å². The van der Waals surface area contributed by atoms with Crippen LogP contribution >= 0.6 is 0 Å². The third kappa shape index (κ3) is 1.38. The van der Waals surface area contributed by atoms with Crippen LogP contribution < -0.4 is 5.76 Å². The molecule has 1 aliphatic rings. The Morgan fingerprint density at radius 3 is 2.83 bits per heavy atom. The number of nitrogens with zero attached hydrogens (tertiary/aromatic N) is 2. The zero-order chi connectivity index (χ0) is 12.8. The van der Waals surface area contributed by atoms with E-state index in [0.29, 0.717) is 5.58 Å². The molecule has 5 heteroatoms. The molecule has 0 radical (unpaired) electrons. The first-order valence-corrected chi connectivity index (χ1v) is 5.85. The Bertz CT molecular complexity index is 715. The lowest BCUT2D eigenvalue weighted by Gasteiger charge is -2.37. The van der Waals surface area contributed by atoms with Crippen LogP contribution in [0, 0.1) is 0 Å². The normalized spacial score (nSPS) is 17.2. The quantitative estimate of drug-likeness (QED) is 0.598. The van der Waals surface area contributed by atoms with Gasteiger partial charge in [0.2, 0.25) is 6.08 Å². The van der Waals surface area contributed by atoms with Crippen molar-refractivity contribution in [3.8, 4) is 0 Å². The van der Waals surface area contributed by atoms with Crippen molar-refractivity contribution in [2.45, 2.75) is 24.8 Å². The lowest BCUT2D eigenvalue weighted by atomic mass is 9.72. The number of oxazole rings is 1. The van der Waals surface area contributed by atoms with Crippen molar-refractivity contribution in [1.82, 2.24) is 4.57 Å². The van der Waals surface area contributed by atoms with Crippen LogP contribution in [0.1, 0.15) is 24.8 Å². The minimum Gasteiger partial charge on any atom is -0.408 e. The number of aryl methyl sites for hydroxylation is 1. The van der Waals surface area contributed by atoms with E-state index in [-0.39, 0.29) is 5.76 Å². The highest BCUT2D eigenvalue weighted by molar-refractivity contribution is 5.74. The van der Waals surface area contributed by atoms with Gasteiger partial charge in [0.25, 0.3) is 0 Å². The fraction of sp³-hybridized carbons (Fsp3) is 0.385. The molecular weight excluding hydrogens is 232 g/mol. The molecule has 0 N–H and O–H groups in total. The Balaban J connectivity index is 2.21. The van der Waals surface area contributed by atoms with E-state index < -0.39 is 5.54 Å². The maximum Gasteiger partial charge on any atom is 0.419 e. The second-order valence-electron chi connectivity index (χ2n) is 4.70. The largest absolute Gasteiger partial charge is 0.419 e. The van der Waals surface area contributed by atoms with Crippen LogP contribution in [0.15, 0.2) is 32.4 Å². The lowest BCUT2D eigenvalue weighted by Crippen LogP contribution is -2.31. The van der Waals surface area contributed by atoms with Crippen molar-refractivity contribution in [2.75, 3.05) is 0 Å². The number of benzene rings is 1. The summed E-state index contributed by atoms with van der Waals surface area (Å²) in [6.07, 6.45) is 4.40. The van der Waals surface area contributed by atoms with E-state index >= 15 is 0 Å². The summed E-state index contributed by atoms with van der Waals surface area (Å²) >= 11 is 0. The predicted molar refractivity (Wildman–Crippen MR) is 65.1 cm³/mol. The maximum atomic E-state index is 11.4. The molecule has 3 rings (SSSR count). The molecule has 1 fully saturated rings. The van der Waals surface area contributed by atoms with E-state index in [0.717, 1.165) is 30.3 Å². The van der Waals surface area contributed by atoms with Gasteiger partial charge in [-0.15, -0.1) is 0 Å². The van der Waals surface area contributed by atoms with Gasteiger partial charge in [0.05, 0.1) is 11.1 Å². The fourth-order valence-corrected chi connectivity index (χ4v) is 2.48. The first-order valence-electron chi connectivity index (χ1n) is 5.85.